The molecule has 0 saturated heterocycles. The topological polar surface area (TPSA) is 49.3 Å². The van der Waals surface area contributed by atoms with E-state index in [0.29, 0.717) is 6.42 Å². The van der Waals surface area contributed by atoms with Crippen LogP contribution in [-0.4, -0.2) is 23.0 Å². The number of aliphatic hydroxyl groups is 1. The molecule has 1 saturated carbocycles. The highest BCUT2D eigenvalue weighted by Gasteiger charge is 2.32. The van der Waals surface area contributed by atoms with Gasteiger partial charge in [-0.05, 0) is 19.3 Å². The Morgan fingerprint density at radius 3 is 2.53 bits per heavy atom. The molecule has 2 rings (SSSR count). The van der Waals surface area contributed by atoms with Gasteiger partial charge in [-0.2, -0.15) is 0 Å². The molecule has 3 nitrogen and oxygen atoms in total. The van der Waals surface area contributed by atoms with E-state index in [4.69, 9.17) is 0 Å². The average Bonchev–Trinajstić information content (AvgIpc) is 2.65. The number of carbonyl (C=O) groups excluding carboxylic acids is 1. The summed E-state index contributed by atoms with van der Waals surface area (Å²) in [7, 11) is 0. The van der Waals surface area contributed by atoms with E-state index in [0.717, 1.165) is 25.0 Å². The third-order valence-corrected chi connectivity index (χ3v) is 3.52. The summed E-state index contributed by atoms with van der Waals surface area (Å²) in [6.45, 7) is 0.179. The van der Waals surface area contributed by atoms with Crippen molar-refractivity contribution in [2.75, 3.05) is 6.61 Å². The second-order valence-corrected chi connectivity index (χ2v) is 4.76. The normalized spacial score (nSPS) is 25.1. The maximum Gasteiger partial charge on any atom is 0.157 e. The highest BCUT2D eigenvalue weighted by atomic mass is 16.3. The molecule has 0 aromatic rings. The average molecular weight is 209 g/mol. The molecule has 0 aliphatic heterocycles. The summed E-state index contributed by atoms with van der Waals surface area (Å²) < 4.78 is 0. The minimum absolute atomic E-state index is 0.144. The van der Waals surface area contributed by atoms with Gasteiger partial charge in [0.2, 0.25) is 0 Å². The molecule has 0 aromatic heterocycles. The van der Waals surface area contributed by atoms with Crippen molar-refractivity contribution in [2.24, 2.45) is 0 Å². The zero-order valence-corrected chi connectivity index (χ0v) is 9.09. The molecule has 0 heterocycles. The number of carbonyl (C=O) groups is 1. The number of hydrogen-bond donors (Lipinski definition) is 2. The Kier molecular flexibility index (Phi) is 3.10. The predicted octanol–water partition coefficient (Wildman–Crippen LogP) is 1.52. The fourth-order valence-electron chi connectivity index (χ4n) is 2.59. The first-order valence-corrected chi connectivity index (χ1v) is 5.87. The maximum absolute atomic E-state index is 11.1. The fourth-order valence-corrected chi connectivity index (χ4v) is 2.59. The van der Waals surface area contributed by atoms with Gasteiger partial charge < -0.3 is 10.4 Å². The van der Waals surface area contributed by atoms with Gasteiger partial charge in [-0.1, -0.05) is 19.3 Å². The summed E-state index contributed by atoms with van der Waals surface area (Å²) in [5, 5.41) is 12.9. The van der Waals surface area contributed by atoms with Gasteiger partial charge >= 0.3 is 0 Å². The van der Waals surface area contributed by atoms with Crippen molar-refractivity contribution in [1.29, 1.82) is 0 Å². The summed E-state index contributed by atoms with van der Waals surface area (Å²) >= 11 is 0. The van der Waals surface area contributed by atoms with Crippen LogP contribution in [-0.2, 0) is 4.79 Å². The lowest BCUT2D eigenvalue weighted by molar-refractivity contribution is -0.114. The van der Waals surface area contributed by atoms with Gasteiger partial charge in [0, 0.05) is 18.2 Å². The number of hydrogen-bond acceptors (Lipinski definition) is 3. The number of rotatable bonds is 3. The zero-order valence-electron chi connectivity index (χ0n) is 9.09. The van der Waals surface area contributed by atoms with Crippen molar-refractivity contribution in [3.63, 3.8) is 0 Å². The molecule has 0 bridgehead atoms. The van der Waals surface area contributed by atoms with E-state index in [1.165, 1.54) is 19.3 Å². The molecule has 84 valence electrons. The molecule has 3 heteroatoms. The van der Waals surface area contributed by atoms with Gasteiger partial charge in [0.15, 0.2) is 5.78 Å². The summed E-state index contributed by atoms with van der Waals surface area (Å²) in [4.78, 5) is 11.1. The molecule has 2 aliphatic carbocycles. The monoisotopic (exact) mass is 209 g/mol. The molecule has 2 N–H and O–H groups in total. The molecule has 0 unspecified atom stereocenters. The molecule has 0 amide bonds. The largest absolute Gasteiger partial charge is 0.394 e. The second-order valence-electron chi connectivity index (χ2n) is 4.76. The smallest absolute Gasteiger partial charge is 0.157 e. The van der Waals surface area contributed by atoms with Gasteiger partial charge in [0.25, 0.3) is 0 Å². The van der Waals surface area contributed by atoms with Crippen molar-refractivity contribution >= 4 is 5.78 Å². The summed E-state index contributed by atoms with van der Waals surface area (Å²) in [5.74, 6) is 0.210. The van der Waals surface area contributed by atoms with Gasteiger partial charge in [-0.25, -0.2) is 0 Å². The van der Waals surface area contributed by atoms with E-state index in [1.807, 2.05) is 0 Å². The van der Waals surface area contributed by atoms with Gasteiger partial charge in [-0.3, -0.25) is 4.79 Å². The van der Waals surface area contributed by atoms with Gasteiger partial charge in [0.1, 0.15) is 0 Å². The van der Waals surface area contributed by atoms with E-state index in [1.54, 1.807) is 6.08 Å². The molecular formula is C12H19NO2. The van der Waals surface area contributed by atoms with Crippen molar-refractivity contribution in [3.05, 3.63) is 11.8 Å². The van der Waals surface area contributed by atoms with Crippen LogP contribution in [0, 0.1) is 0 Å². The van der Waals surface area contributed by atoms with Crippen LogP contribution in [0.3, 0.4) is 0 Å². The maximum atomic E-state index is 11.1. The third kappa shape index (κ3) is 2.40. The molecule has 0 atom stereocenters. The lowest BCUT2D eigenvalue weighted by Crippen LogP contribution is -2.49. The van der Waals surface area contributed by atoms with Crippen LogP contribution in [0.5, 0.6) is 0 Å². The molecule has 0 radical (unpaired) electrons. The number of ketones is 1. The highest BCUT2D eigenvalue weighted by molar-refractivity contribution is 5.92. The van der Waals surface area contributed by atoms with Crippen molar-refractivity contribution < 1.29 is 9.90 Å². The minimum atomic E-state index is -0.144. The van der Waals surface area contributed by atoms with Crippen LogP contribution >= 0.6 is 0 Å². The summed E-state index contributed by atoms with van der Waals surface area (Å²) in [6, 6.07) is 0. The van der Waals surface area contributed by atoms with Crippen LogP contribution in [0.1, 0.15) is 44.9 Å². The van der Waals surface area contributed by atoms with Gasteiger partial charge in [0.05, 0.1) is 12.1 Å². The number of allylic oxidation sites excluding steroid dienone is 2. The highest BCUT2D eigenvalue weighted by Crippen LogP contribution is 2.30. The molecular weight excluding hydrogens is 190 g/mol. The Morgan fingerprint density at radius 1 is 1.27 bits per heavy atom. The second kappa shape index (κ2) is 4.35. The summed E-state index contributed by atoms with van der Waals surface area (Å²) in [5.41, 5.74) is 0.880. The van der Waals surface area contributed by atoms with Crippen molar-refractivity contribution in [3.8, 4) is 0 Å². The Balaban J connectivity index is 2.00. The Morgan fingerprint density at radius 2 is 2.00 bits per heavy atom. The first kappa shape index (κ1) is 10.7. The number of aliphatic hydroxyl groups excluding tert-OH is 1. The standard InChI is InChI=1S/C12H19NO2/c14-9-12(6-2-1-3-7-12)13-10-4-5-11(15)8-10/h8,13-14H,1-7,9H2. The van der Waals surface area contributed by atoms with Crippen LogP contribution in [0.2, 0.25) is 0 Å². The lowest BCUT2D eigenvalue weighted by Gasteiger charge is -2.37. The molecule has 1 fully saturated rings. The molecule has 2 aliphatic rings. The van der Waals surface area contributed by atoms with E-state index >= 15 is 0 Å². The van der Waals surface area contributed by atoms with Gasteiger partial charge in [-0.15, -0.1) is 0 Å². The lowest BCUT2D eigenvalue weighted by atomic mass is 9.82. The van der Waals surface area contributed by atoms with E-state index in [9.17, 15) is 9.90 Å². The third-order valence-electron chi connectivity index (χ3n) is 3.52. The molecule has 15 heavy (non-hydrogen) atoms. The van der Waals surface area contributed by atoms with Crippen LogP contribution in [0.4, 0.5) is 0 Å². The summed E-state index contributed by atoms with van der Waals surface area (Å²) in [6.07, 6.45) is 8.81. The van der Waals surface area contributed by atoms with Crippen molar-refractivity contribution in [2.45, 2.75) is 50.5 Å². The Hall–Kier alpha value is -0.830. The van der Waals surface area contributed by atoms with Crippen molar-refractivity contribution in [1.82, 2.24) is 5.32 Å². The van der Waals surface area contributed by atoms with E-state index in [2.05, 4.69) is 5.32 Å². The minimum Gasteiger partial charge on any atom is -0.394 e. The van der Waals surface area contributed by atoms with Crippen LogP contribution in [0.25, 0.3) is 0 Å². The number of nitrogens with one attached hydrogen (secondary N) is 1. The first-order chi connectivity index (χ1) is 7.24. The Labute approximate surface area is 90.6 Å². The van der Waals surface area contributed by atoms with Crippen LogP contribution < -0.4 is 5.32 Å². The van der Waals surface area contributed by atoms with E-state index < -0.39 is 0 Å². The zero-order chi connectivity index (χ0) is 10.7. The Bertz CT molecular complexity index is 277. The predicted molar refractivity (Wildman–Crippen MR) is 58.4 cm³/mol. The molecule has 0 aromatic carbocycles. The van der Waals surface area contributed by atoms with E-state index in [-0.39, 0.29) is 17.9 Å². The first-order valence-electron chi connectivity index (χ1n) is 5.87. The quantitative estimate of drug-likeness (QED) is 0.741. The molecule has 0 spiro atoms. The SMILES string of the molecule is O=C1C=C(NC2(CO)CCCCC2)CC1. The van der Waals surface area contributed by atoms with Crippen LogP contribution in [0.15, 0.2) is 11.8 Å². The fraction of sp³-hybridized carbons (Fsp3) is 0.750.